The minimum Gasteiger partial charge on any atom is -0.455 e. The van der Waals surface area contributed by atoms with E-state index in [9.17, 15) is 0 Å². The third-order valence-corrected chi connectivity index (χ3v) is 11.9. The molecule has 0 aliphatic rings. The van der Waals surface area contributed by atoms with E-state index in [2.05, 4.69) is 241 Å². The highest BCUT2D eigenvalue weighted by atomic mass is 16.3. The maximum absolute atomic E-state index is 6.54. The molecule has 0 aliphatic carbocycles. The summed E-state index contributed by atoms with van der Waals surface area (Å²) in [7, 11) is 0. The number of hydrogen-bond donors (Lipinski definition) is 0. The molecule has 11 rings (SSSR count). The quantitative estimate of drug-likeness (QED) is 0.145. The summed E-state index contributed by atoms with van der Waals surface area (Å²) < 4.78 is 6.54. The summed E-state index contributed by atoms with van der Waals surface area (Å²) in [5.74, 6) is 0.888. The number of para-hydroxylation sites is 2. The Labute approximate surface area is 362 Å². The number of furan rings is 1. The SMILES string of the molecule is c1ccc(-c2c(-c3cccc(-c4ccc(-c5ccc(N(c6ccccc6)c6ccc(-c7ccc(-c8cccc9ccccc89)cc7)cc6)cc5)cc4)c3)oc3ccccc23)cc1. The maximum atomic E-state index is 6.54. The number of fused-ring (bicyclic) bond motifs is 2. The molecule has 0 spiro atoms. The van der Waals surface area contributed by atoms with E-state index >= 15 is 0 Å². The van der Waals surface area contributed by atoms with E-state index in [0.29, 0.717) is 0 Å². The fourth-order valence-corrected chi connectivity index (χ4v) is 8.78. The van der Waals surface area contributed by atoms with E-state index in [4.69, 9.17) is 4.42 Å². The fourth-order valence-electron chi connectivity index (χ4n) is 8.78. The van der Waals surface area contributed by atoms with Gasteiger partial charge in [-0.05, 0) is 109 Å². The van der Waals surface area contributed by atoms with Crippen molar-refractivity contribution in [2.75, 3.05) is 4.90 Å². The van der Waals surface area contributed by atoms with Gasteiger partial charge in [0, 0.05) is 33.6 Å². The average molecular weight is 792 g/mol. The van der Waals surface area contributed by atoms with E-state index < -0.39 is 0 Å². The minimum atomic E-state index is 0.888. The van der Waals surface area contributed by atoms with Crippen LogP contribution < -0.4 is 4.90 Å². The van der Waals surface area contributed by atoms with Gasteiger partial charge in [0.05, 0.1) is 0 Å². The van der Waals surface area contributed by atoms with Crippen molar-refractivity contribution < 1.29 is 4.42 Å². The van der Waals surface area contributed by atoms with Crippen LogP contribution in [0.1, 0.15) is 0 Å². The van der Waals surface area contributed by atoms with Gasteiger partial charge < -0.3 is 9.32 Å². The highest BCUT2D eigenvalue weighted by Crippen LogP contribution is 2.42. The summed E-state index contributed by atoms with van der Waals surface area (Å²) >= 11 is 0. The minimum absolute atomic E-state index is 0.888. The van der Waals surface area contributed by atoms with Crippen molar-refractivity contribution in [2.24, 2.45) is 0 Å². The Hall–Kier alpha value is -8.20. The number of hydrogen-bond acceptors (Lipinski definition) is 2. The lowest BCUT2D eigenvalue weighted by atomic mass is 9.95. The first-order valence-electron chi connectivity index (χ1n) is 21.2. The smallest absolute Gasteiger partial charge is 0.143 e. The third kappa shape index (κ3) is 7.04. The van der Waals surface area contributed by atoms with E-state index in [0.717, 1.165) is 61.6 Å². The molecule has 2 nitrogen and oxygen atoms in total. The molecule has 292 valence electrons. The van der Waals surface area contributed by atoms with E-state index in [1.54, 1.807) is 0 Å². The van der Waals surface area contributed by atoms with Gasteiger partial charge in [0.15, 0.2) is 0 Å². The number of benzene rings is 10. The van der Waals surface area contributed by atoms with Gasteiger partial charge in [-0.3, -0.25) is 0 Å². The zero-order valence-electron chi connectivity index (χ0n) is 34.0. The number of nitrogens with zero attached hydrogens (tertiary/aromatic N) is 1. The van der Waals surface area contributed by atoms with Crippen LogP contribution in [-0.2, 0) is 0 Å². The predicted octanol–water partition coefficient (Wildman–Crippen LogP) is 17.1. The topological polar surface area (TPSA) is 16.4 Å². The van der Waals surface area contributed by atoms with Crippen molar-refractivity contribution >= 4 is 38.8 Å². The second-order valence-electron chi connectivity index (χ2n) is 15.7. The summed E-state index contributed by atoms with van der Waals surface area (Å²) in [5, 5.41) is 3.65. The maximum Gasteiger partial charge on any atom is 0.143 e. The Morgan fingerprint density at radius 2 is 0.710 bits per heavy atom. The highest BCUT2D eigenvalue weighted by Gasteiger charge is 2.18. The first kappa shape index (κ1) is 36.8. The van der Waals surface area contributed by atoms with Crippen molar-refractivity contribution in [2.45, 2.75) is 0 Å². The fraction of sp³-hybridized carbons (Fsp3) is 0. The van der Waals surface area contributed by atoms with Crippen LogP contribution in [0.4, 0.5) is 17.1 Å². The Morgan fingerprint density at radius 3 is 1.35 bits per heavy atom. The second kappa shape index (κ2) is 16.1. The lowest BCUT2D eigenvalue weighted by molar-refractivity contribution is 0.632. The van der Waals surface area contributed by atoms with Crippen LogP contribution in [0.2, 0.25) is 0 Å². The van der Waals surface area contributed by atoms with E-state index in [1.165, 1.54) is 44.2 Å². The lowest BCUT2D eigenvalue weighted by Crippen LogP contribution is -2.09. The van der Waals surface area contributed by atoms with Crippen LogP contribution in [0.25, 0.3) is 88.7 Å². The molecule has 0 unspecified atom stereocenters. The van der Waals surface area contributed by atoms with E-state index in [1.807, 2.05) is 12.1 Å². The molecule has 1 heterocycles. The summed E-state index contributed by atoms with van der Waals surface area (Å²) in [6.07, 6.45) is 0. The third-order valence-electron chi connectivity index (χ3n) is 11.9. The van der Waals surface area contributed by atoms with Gasteiger partial charge in [-0.25, -0.2) is 0 Å². The normalized spacial score (nSPS) is 11.2. The Morgan fingerprint density at radius 1 is 0.274 bits per heavy atom. The van der Waals surface area contributed by atoms with Gasteiger partial charge in [-0.1, -0.05) is 200 Å². The molecular formula is C60H41NO. The zero-order valence-corrected chi connectivity index (χ0v) is 34.0. The van der Waals surface area contributed by atoms with Crippen LogP contribution in [0.15, 0.2) is 253 Å². The molecule has 2 heteroatoms. The molecule has 0 atom stereocenters. The molecular weight excluding hydrogens is 751 g/mol. The molecule has 0 amide bonds. The summed E-state index contributed by atoms with van der Waals surface area (Å²) in [4.78, 5) is 2.32. The first-order valence-corrected chi connectivity index (χ1v) is 21.2. The standard InChI is InChI=1S/C60H41NO/c1-3-14-49(15-4-1)59-57-22-9-10-24-58(57)62-60(59)51-18-11-17-50(41-51)46-27-25-42(26-28-46)44-33-37-53(38-34-44)61(52-19-5-2-6-20-52)54-39-35-45(36-40-54)43-29-31-48(32-30-43)56-23-12-16-47-13-7-8-21-55(47)56/h1-41H. The van der Waals surface area contributed by atoms with Crippen molar-refractivity contribution in [3.05, 3.63) is 249 Å². The average Bonchev–Trinajstić information content (AvgIpc) is 3.75. The molecule has 1 aromatic heterocycles. The highest BCUT2D eigenvalue weighted by molar-refractivity contribution is 6.02. The van der Waals surface area contributed by atoms with Crippen molar-refractivity contribution in [3.63, 3.8) is 0 Å². The van der Waals surface area contributed by atoms with Gasteiger partial charge >= 0.3 is 0 Å². The van der Waals surface area contributed by atoms with Crippen LogP contribution >= 0.6 is 0 Å². The van der Waals surface area contributed by atoms with Crippen LogP contribution in [0.3, 0.4) is 0 Å². The molecule has 0 N–H and O–H groups in total. The van der Waals surface area contributed by atoms with Gasteiger partial charge in [-0.2, -0.15) is 0 Å². The Balaban J connectivity index is 0.846. The van der Waals surface area contributed by atoms with Gasteiger partial charge in [-0.15, -0.1) is 0 Å². The van der Waals surface area contributed by atoms with Gasteiger partial charge in [0.1, 0.15) is 11.3 Å². The Bertz CT molecular complexity index is 3290. The second-order valence-corrected chi connectivity index (χ2v) is 15.7. The number of rotatable bonds is 9. The Kier molecular flexibility index (Phi) is 9.57. The van der Waals surface area contributed by atoms with Gasteiger partial charge in [0.2, 0.25) is 0 Å². The molecule has 10 aromatic carbocycles. The first-order chi connectivity index (χ1) is 30.7. The largest absolute Gasteiger partial charge is 0.455 e. The van der Waals surface area contributed by atoms with Crippen molar-refractivity contribution in [1.29, 1.82) is 0 Å². The lowest BCUT2D eigenvalue weighted by Gasteiger charge is -2.26. The van der Waals surface area contributed by atoms with Crippen LogP contribution in [0.5, 0.6) is 0 Å². The van der Waals surface area contributed by atoms with Crippen molar-refractivity contribution in [3.8, 4) is 67.0 Å². The molecule has 11 aromatic rings. The van der Waals surface area contributed by atoms with Crippen molar-refractivity contribution in [1.82, 2.24) is 0 Å². The van der Waals surface area contributed by atoms with Crippen LogP contribution in [0, 0.1) is 0 Å². The molecule has 0 aliphatic heterocycles. The molecule has 0 radical (unpaired) electrons. The molecule has 0 saturated heterocycles. The molecule has 62 heavy (non-hydrogen) atoms. The van der Waals surface area contributed by atoms with Crippen LogP contribution in [-0.4, -0.2) is 0 Å². The summed E-state index contributed by atoms with van der Waals surface area (Å²) in [5.41, 5.74) is 17.0. The summed E-state index contributed by atoms with van der Waals surface area (Å²) in [6.45, 7) is 0. The zero-order chi connectivity index (χ0) is 41.2. The molecule has 0 bridgehead atoms. The van der Waals surface area contributed by atoms with Gasteiger partial charge in [0.25, 0.3) is 0 Å². The molecule has 0 fully saturated rings. The monoisotopic (exact) mass is 791 g/mol. The predicted molar refractivity (Wildman–Crippen MR) is 261 cm³/mol. The van der Waals surface area contributed by atoms with E-state index in [-0.39, 0.29) is 0 Å². The summed E-state index contributed by atoms with van der Waals surface area (Å²) in [6, 6.07) is 88.8. The number of anilines is 3. The molecule has 0 saturated carbocycles.